The topological polar surface area (TPSA) is 68.7 Å². The molecule has 0 aliphatic carbocycles. The van der Waals surface area contributed by atoms with Crippen molar-refractivity contribution in [2.75, 3.05) is 32.2 Å². The third-order valence-corrected chi connectivity index (χ3v) is 8.94. The smallest absolute Gasteiger partial charge is 0.416 e. The Bertz CT molecular complexity index is 1240. The van der Waals surface area contributed by atoms with Gasteiger partial charge in [0, 0.05) is 30.1 Å². The van der Waals surface area contributed by atoms with Crippen molar-refractivity contribution in [3.05, 3.63) is 53.4 Å². The minimum Gasteiger partial charge on any atom is -0.497 e. The summed E-state index contributed by atoms with van der Waals surface area (Å²) in [5.74, 6) is 1.29. The van der Waals surface area contributed by atoms with Gasteiger partial charge in [-0.25, -0.2) is 13.4 Å². The van der Waals surface area contributed by atoms with Crippen LogP contribution in [0.1, 0.15) is 18.4 Å². The van der Waals surface area contributed by atoms with Crippen molar-refractivity contribution in [3.8, 4) is 22.8 Å². The molecule has 0 saturated carbocycles. The monoisotopic (exact) mass is 512 g/mol. The number of hydrogen-bond acceptors (Lipinski definition) is 7. The molecular weight excluding hydrogens is 489 g/mol. The van der Waals surface area contributed by atoms with Gasteiger partial charge >= 0.3 is 6.18 Å². The zero-order chi connectivity index (χ0) is 24.5. The molecule has 0 atom stereocenters. The van der Waals surface area contributed by atoms with Crippen LogP contribution in [0.5, 0.6) is 11.5 Å². The lowest BCUT2D eigenvalue weighted by molar-refractivity contribution is -0.137. The zero-order valence-corrected chi connectivity index (χ0v) is 20.1. The van der Waals surface area contributed by atoms with Crippen molar-refractivity contribution in [1.29, 1.82) is 0 Å². The second-order valence-electron chi connectivity index (χ2n) is 7.87. The summed E-state index contributed by atoms with van der Waals surface area (Å²) in [4.78, 5) is 6.41. The van der Waals surface area contributed by atoms with Crippen molar-refractivity contribution in [2.24, 2.45) is 0 Å². The fraction of sp³-hybridized carbons (Fsp3) is 0.348. The minimum absolute atomic E-state index is 0.288. The third kappa shape index (κ3) is 5.00. The van der Waals surface area contributed by atoms with Crippen LogP contribution in [0.2, 0.25) is 0 Å². The van der Waals surface area contributed by atoms with E-state index in [0.717, 1.165) is 34.6 Å². The third-order valence-electron chi connectivity index (χ3n) is 5.78. The number of halogens is 3. The van der Waals surface area contributed by atoms with E-state index in [0.29, 0.717) is 37.4 Å². The highest BCUT2D eigenvalue weighted by Gasteiger charge is 2.35. The molecule has 182 valence electrons. The molecule has 0 unspecified atom stereocenters. The second-order valence-corrected chi connectivity index (χ2v) is 10.9. The van der Waals surface area contributed by atoms with Gasteiger partial charge in [-0.2, -0.15) is 13.2 Å². The molecule has 0 spiro atoms. The summed E-state index contributed by atoms with van der Waals surface area (Å²) in [7, 11) is -0.731. The molecule has 11 heteroatoms. The molecule has 1 aromatic heterocycles. The molecule has 1 fully saturated rings. The summed E-state index contributed by atoms with van der Waals surface area (Å²) in [6.07, 6.45) is -3.98. The second kappa shape index (κ2) is 9.46. The summed E-state index contributed by atoms with van der Waals surface area (Å²) in [5.41, 5.74) is 0.618. The summed E-state index contributed by atoms with van der Waals surface area (Å²) in [6.45, 7) is 0.883. The highest BCUT2D eigenvalue weighted by atomic mass is 32.2. The van der Waals surface area contributed by atoms with Gasteiger partial charge in [0.25, 0.3) is 0 Å². The molecular formula is C23H23F3N2O4S2. The van der Waals surface area contributed by atoms with Crippen molar-refractivity contribution < 1.29 is 31.1 Å². The number of sulfone groups is 1. The van der Waals surface area contributed by atoms with Crippen LogP contribution in [-0.4, -0.2) is 46.0 Å². The van der Waals surface area contributed by atoms with E-state index in [4.69, 9.17) is 14.5 Å². The Labute approximate surface area is 199 Å². The van der Waals surface area contributed by atoms with E-state index in [-0.39, 0.29) is 4.90 Å². The first-order valence-corrected chi connectivity index (χ1v) is 12.9. The molecule has 1 aliphatic rings. The molecule has 3 aromatic rings. The Morgan fingerprint density at radius 3 is 2.26 bits per heavy atom. The van der Waals surface area contributed by atoms with Crippen molar-refractivity contribution in [2.45, 2.75) is 29.2 Å². The highest BCUT2D eigenvalue weighted by molar-refractivity contribution is 7.92. The molecule has 2 heterocycles. The van der Waals surface area contributed by atoms with Crippen LogP contribution in [0.25, 0.3) is 11.3 Å². The van der Waals surface area contributed by atoms with Crippen LogP contribution < -0.4 is 14.4 Å². The molecule has 0 amide bonds. The standard InChI is InChI=1S/C23H23F3N2O4S2/c1-31-17-10-15(11-18(13-17)32-2)21-14-33-22(27-21)28-8-6-19(7-9-28)34(29,30)20-5-3-4-16(12-20)23(24,25)26/h3-5,10-14,19H,6-9H2,1-2H3. The Morgan fingerprint density at radius 1 is 1.03 bits per heavy atom. The zero-order valence-electron chi connectivity index (χ0n) is 18.5. The van der Waals surface area contributed by atoms with Crippen LogP contribution in [-0.2, 0) is 16.0 Å². The number of nitrogens with zero attached hydrogens (tertiary/aromatic N) is 2. The van der Waals surface area contributed by atoms with E-state index < -0.39 is 26.8 Å². The van der Waals surface area contributed by atoms with Gasteiger partial charge < -0.3 is 14.4 Å². The average molecular weight is 513 g/mol. The molecule has 6 nitrogen and oxygen atoms in total. The Hall–Kier alpha value is -2.79. The molecule has 1 saturated heterocycles. The molecule has 4 rings (SSSR count). The number of aromatic nitrogens is 1. The van der Waals surface area contributed by atoms with Gasteiger partial charge in [-0.3, -0.25) is 0 Å². The maximum Gasteiger partial charge on any atom is 0.416 e. The van der Waals surface area contributed by atoms with Crippen LogP contribution in [0.15, 0.2) is 52.7 Å². The van der Waals surface area contributed by atoms with Crippen LogP contribution >= 0.6 is 11.3 Å². The first-order valence-electron chi connectivity index (χ1n) is 10.5. The fourth-order valence-corrected chi connectivity index (χ4v) is 6.56. The molecule has 0 bridgehead atoms. The fourth-order valence-electron chi connectivity index (χ4n) is 3.90. The van der Waals surface area contributed by atoms with E-state index in [1.54, 1.807) is 20.3 Å². The predicted octanol–water partition coefficient (Wildman–Crippen LogP) is 5.29. The summed E-state index contributed by atoms with van der Waals surface area (Å²) in [6, 6.07) is 9.44. The normalized spacial score (nSPS) is 15.4. The molecule has 0 radical (unpaired) electrons. The van der Waals surface area contributed by atoms with Crippen LogP contribution in [0.3, 0.4) is 0 Å². The number of rotatable bonds is 6. The first kappa shape index (κ1) is 24.3. The number of ether oxygens (including phenoxy) is 2. The Balaban J connectivity index is 1.47. The first-order chi connectivity index (χ1) is 16.1. The minimum atomic E-state index is -4.59. The average Bonchev–Trinajstić information content (AvgIpc) is 3.34. The van der Waals surface area contributed by atoms with Gasteiger partial charge in [0.1, 0.15) is 11.5 Å². The van der Waals surface area contributed by atoms with Gasteiger partial charge in [-0.05, 0) is 43.2 Å². The van der Waals surface area contributed by atoms with E-state index in [1.807, 2.05) is 22.4 Å². The van der Waals surface area contributed by atoms with Gasteiger partial charge in [-0.1, -0.05) is 6.07 Å². The number of piperidine rings is 1. The maximum atomic E-state index is 13.0. The number of hydrogen-bond donors (Lipinski definition) is 0. The lowest BCUT2D eigenvalue weighted by Crippen LogP contribution is -2.39. The van der Waals surface area contributed by atoms with Crippen molar-refractivity contribution in [1.82, 2.24) is 4.98 Å². The number of alkyl halides is 3. The summed E-state index contributed by atoms with van der Waals surface area (Å²) < 4.78 is 75.7. The van der Waals surface area contributed by atoms with E-state index in [9.17, 15) is 21.6 Å². The molecule has 34 heavy (non-hydrogen) atoms. The summed E-state index contributed by atoms with van der Waals surface area (Å²) in [5, 5.41) is 1.93. The van der Waals surface area contributed by atoms with Gasteiger partial charge in [0.2, 0.25) is 0 Å². The van der Waals surface area contributed by atoms with E-state index in [2.05, 4.69) is 0 Å². The maximum absolute atomic E-state index is 13.0. The van der Waals surface area contributed by atoms with Gasteiger partial charge in [-0.15, -0.1) is 11.3 Å². The van der Waals surface area contributed by atoms with E-state index >= 15 is 0 Å². The van der Waals surface area contributed by atoms with Crippen molar-refractivity contribution >= 4 is 26.3 Å². The molecule has 1 aliphatic heterocycles. The number of methoxy groups -OCH3 is 2. The largest absolute Gasteiger partial charge is 0.497 e. The van der Waals surface area contributed by atoms with Crippen LogP contribution in [0.4, 0.5) is 18.3 Å². The van der Waals surface area contributed by atoms with Crippen molar-refractivity contribution in [3.63, 3.8) is 0 Å². The van der Waals surface area contributed by atoms with Gasteiger partial charge in [0.05, 0.1) is 35.6 Å². The van der Waals surface area contributed by atoms with Gasteiger partial charge in [0.15, 0.2) is 15.0 Å². The number of thiazole rings is 1. The number of benzene rings is 2. The Morgan fingerprint density at radius 2 is 1.68 bits per heavy atom. The number of anilines is 1. The van der Waals surface area contributed by atoms with Crippen LogP contribution in [0, 0.1) is 0 Å². The quantitative estimate of drug-likeness (QED) is 0.447. The molecule has 2 aromatic carbocycles. The predicted molar refractivity (Wildman–Crippen MR) is 125 cm³/mol. The lowest BCUT2D eigenvalue weighted by atomic mass is 10.1. The molecule has 0 N–H and O–H groups in total. The highest BCUT2D eigenvalue weighted by Crippen LogP contribution is 2.36. The SMILES string of the molecule is COc1cc(OC)cc(-c2csc(N3CCC(S(=O)(=O)c4cccc(C(F)(F)F)c4)CC3)n2)c1. The van der Waals surface area contributed by atoms with E-state index in [1.165, 1.54) is 17.4 Å². The summed E-state index contributed by atoms with van der Waals surface area (Å²) >= 11 is 1.45. The lowest BCUT2D eigenvalue weighted by Gasteiger charge is -2.31. The Kier molecular flexibility index (Phi) is 6.77.